The van der Waals surface area contributed by atoms with Gasteiger partial charge in [-0.15, -0.1) is 0 Å². The third-order valence-electron chi connectivity index (χ3n) is 4.93. The van der Waals surface area contributed by atoms with Gasteiger partial charge < -0.3 is 4.98 Å². The molecule has 0 spiro atoms. The summed E-state index contributed by atoms with van der Waals surface area (Å²) in [6.07, 6.45) is -4.70. The molecule has 0 aliphatic rings. The molecule has 0 fully saturated rings. The molecule has 5 aromatic rings. The Morgan fingerprint density at radius 3 is 2.33 bits per heavy atom. The van der Waals surface area contributed by atoms with Crippen molar-refractivity contribution in [3.63, 3.8) is 0 Å². The van der Waals surface area contributed by atoms with E-state index in [4.69, 9.17) is 0 Å². The van der Waals surface area contributed by atoms with Crippen molar-refractivity contribution in [3.8, 4) is 22.5 Å². The molecule has 3 aromatic heterocycles. The van der Waals surface area contributed by atoms with Crippen molar-refractivity contribution < 1.29 is 13.2 Å². The minimum Gasteiger partial charge on any atom is -0.338 e. The molecule has 9 heteroatoms. The smallest absolute Gasteiger partial charge is 0.338 e. The number of H-pyrrole nitrogens is 2. The van der Waals surface area contributed by atoms with Gasteiger partial charge in [0.2, 0.25) is 0 Å². The first kappa shape index (κ1) is 18.2. The average Bonchev–Trinajstić information content (AvgIpc) is 3.30. The van der Waals surface area contributed by atoms with E-state index in [1.54, 1.807) is 55.5 Å². The molecule has 0 bridgehead atoms. The zero-order valence-electron chi connectivity index (χ0n) is 15.6. The van der Waals surface area contributed by atoms with Crippen molar-refractivity contribution in [1.29, 1.82) is 0 Å². The van der Waals surface area contributed by atoms with Crippen LogP contribution in [-0.2, 0) is 6.18 Å². The normalized spacial score (nSPS) is 12.1. The summed E-state index contributed by atoms with van der Waals surface area (Å²) in [5.41, 5.74) is 0.111. The molecule has 5 rings (SSSR count). The molecule has 2 N–H and O–H groups in total. The van der Waals surface area contributed by atoms with Gasteiger partial charge in [-0.05, 0) is 24.6 Å². The van der Waals surface area contributed by atoms with Gasteiger partial charge in [0.25, 0.3) is 5.56 Å². The summed E-state index contributed by atoms with van der Waals surface area (Å²) in [7, 11) is 0. The molecule has 0 aliphatic carbocycles. The fraction of sp³-hybridized carbons (Fsp3) is 0.0952. The summed E-state index contributed by atoms with van der Waals surface area (Å²) < 4.78 is 42.2. The van der Waals surface area contributed by atoms with Gasteiger partial charge in [0, 0.05) is 0 Å². The molecule has 0 saturated heterocycles. The fourth-order valence-electron chi connectivity index (χ4n) is 3.61. The van der Waals surface area contributed by atoms with Gasteiger partial charge in [0.15, 0.2) is 5.65 Å². The van der Waals surface area contributed by atoms with Crippen LogP contribution in [0.5, 0.6) is 0 Å². The molecule has 0 aliphatic heterocycles. The number of aromatic amines is 2. The maximum atomic E-state index is 13.8. The number of rotatable bonds is 2. The minimum absolute atomic E-state index is 0.0871. The van der Waals surface area contributed by atoms with Crippen LogP contribution >= 0.6 is 0 Å². The number of halogens is 3. The zero-order valence-corrected chi connectivity index (χ0v) is 15.6. The lowest BCUT2D eigenvalue weighted by atomic mass is 10.1. The van der Waals surface area contributed by atoms with E-state index in [1.807, 2.05) is 6.07 Å². The Morgan fingerprint density at radius 1 is 0.933 bits per heavy atom. The highest BCUT2D eigenvalue weighted by Gasteiger charge is 2.38. The predicted molar refractivity (Wildman–Crippen MR) is 106 cm³/mol. The predicted octanol–water partition coefficient (Wildman–Crippen LogP) is 4.56. The van der Waals surface area contributed by atoms with Crippen LogP contribution in [0, 0.1) is 6.92 Å². The first-order valence-corrected chi connectivity index (χ1v) is 9.07. The van der Waals surface area contributed by atoms with E-state index in [0.717, 1.165) is 4.52 Å². The van der Waals surface area contributed by atoms with Crippen LogP contribution < -0.4 is 5.56 Å². The number of nitrogens with one attached hydrogen (secondary N) is 2. The highest BCUT2D eigenvalue weighted by molar-refractivity contribution is 5.83. The van der Waals surface area contributed by atoms with Gasteiger partial charge >= 0.3 is 6.18 Å². The van der Waals surface area contributed by atoms with Crippen molar-refractivity contribution >= 4 is 16.7 Å². The number of hydrogen-bond donors (Lipinski definition) is 2. The molecule has 150 valence electrons. The largest absolute Gasteiger partial charge is 0.433 e. The summed E-state index contributed by atoms with van der Waals surface area (Å²) in [4.78, 5) is 25.0. The number of benzene rings is 2. The number of fused-ring (bicyclic) bond motifs is 2. The van der Waals surface area contributed by atoms with Crippen LogP contribution in [0.25, 0.3) is 39.2 Å². The molecule has 0 radical (unpaired) electrons. The van der Waals surface area contributed by atoms with Gasteiger partial charge in [0.05, 0.1) is 22.3 Å². The fourth-order valence-corrected chi connectivity index (χ4v) is 3.61. The lowest BCUT2D eigenvalue weighted by molar-refractivity contribution is -0.140. The third-order valence-corrected chi connectivity index (χ3v) is 4.93. The number of nitrogens with zero attached hydrogens (tertiary/aromatic N) is 3. The van der Waals surface area contributed by atoms with E-state index < -0.39 is 17.4 Å². The summed E-state index contributed by atoms with van der Waals surface area (Å²) in [5.74, 6) is 0.255. The Balaban J connectivity index is 1.84. The minimum atomic E-state index is -4.70. The summed E-state index contributed by atoms with van der Waals surface area (Å²) in [6, 6.07) is 15.3. The molecule has 2 aromatic carbocycles. The summed E-state index contributed by atoms with van der Waals surface area (Å²) in [6.45, 7) is 1.58. The number of aromatic nitrogens is 5. The van der Waals surface area contributed by atoms with E-state index in [-0.39, 0.29) is 28.3 Å². The molecule has 0 amide bonds. The second-order valence-corrected chi connectivity index (χ2v) is 6.86. The van der Waals surface area contributed by atoms with E-state index in [0.29, 0.717) is 16.6 Å². The molecule has 30 heavy (non-hydrogen) atoms. The van der Waals surface area contributed by atoms with Crippen LogP contribution in [0.3, 0.4) is 0 Å². The summed E-state index contributed by atoms with van der Waals surface area (Å²) in [5, 5.41) is 2.22. The Labute approximate surface area is 167 Å². The van der Waals surface area contributed by atoms with Crippen LogP contribution in [0.1, 0.15) is 11.4 Å². The van der Waals surface area contributed by atoms with E-state index in [2.05, 4.69) is 20.1 Å². The molecule has 0 atom stereocenters. The molecule has 0 saturated carbocycles. The highest BCUT2D eigenvalue weighted by atomic mass is 19.4. The SMILES string of the molecule is Cc1nc2c(-c3ccccc3)c(C(F)(F)F)[nH]n2c(=O)c1-c1nc2ccccc2[nH]1. The standard InChI is InChI=1S/C21H14F3N5O/c1-11-15(18-26-13-9-5-6-10-14(13)27-18)20(30)29-19(25-11)16(12-7-3-2-4-8-12)17(28-29)21(22,23)24/h2-10,28H,1H3,(H,26,27). The van der Waals surface area contributed by atoms with Gasteiger partial charge in [-0.25, -0.2) is 9.97 Å². The maximum Gasteiger partial charge on any atom is 0.433 e. The van der Waals surface area contributed by atoms with Crippen LogP contribution in [-0.4, -0.2) is 24.6 Å². The van der Waals surface area contributed by atoms with Crippen molar-refractivity contribution in [2.75, 3.05) is 0 Å². The molecule has 3 heterocycles. The first-order valence-electron chi connectivity index (χ1n) is 9.07. The quantitative estimate of drug-likeness (QED) is 0.449. The Kier molecular flexibility index (Phi) is 3.82. The Morgan fingerprint density at radius 2 is 1.63 bits per heavy atom. The van der Waals surface area contributed by atoms with E-state index in [9.17, 15) is 18.0 Å². The zero-order chi connectivity index (χ0) is 21.0. The molecule has 0 unspecified atom stereocenters. The van der Waals surface area contributed by atoms with E-state index >= 15 is 0 Å². The van der Waals surface area contributed by atoms with Gasteiger partial charge in [-0.3, -0.25) is 9.89 Å². The molecule has 6 nitrogen and oxygen atoms in total. The van der Waals surface area contributed by atoms with Crippen molar-refractivity contribution in [1.82, 2.24) is 24.6 Å². The van der Waals surface area contributed by atoms with Crippen molar-refractivity contribution in [3.05, 3.63) is 76.3 Å². The van der Waals surface area contributed by atoms with E-state index in [1.165, 1.54) is 0 Å². The number of aryl methyl sites for hydroxylation is 1. The number of para-hydroxylation sites is 2. The van der Waals surface area contributed by atoms with Crippen LogP contribution in [0.2, 0.25) is 0 Å². The van der Waals surface area contributed by atoms with Gasteiger partial charge in [0.1, 0.15) is 17.1 Å². The number of alkyl halides is 3. The molecular weight excluding hydrogens is 395 g/mol. The lowest BCUT2D eigenvalue weighted by Gasteiger charge is -2.07. The second-order valence-electron chi connectivity index (χ2n) is 6.86. The molecular formula is C21H14F3N5O. The average molecular weight is 409 g/mol. The van der Waals surface area contributed by atoms with Crippen molar-refractivity contribution in [2.24, 2.45) is 0 Å². The Hall–Kier alpha value is -3.88. The monoisotopic (exact) mass is 409 g/mol. The van der Waals surface area contributed by atoms with Gasteiger partial charge in [-0.1, -0.05) is 42.5 Å². The maximum absolute atomic E-state index is 13.8. The first-order chi connectivity index (χ1) is 14.3. The third kappa shape index (κ3) is 2.70. The highest BCUT2D eigenvalue weighted by Crippen LogP contribution is 2.38. The Bertz CT molecular complexity index is 1430. The van der Waals surface area contributed by atoms with Crippen LogP contribution in [0.15, 0.2) is 59.4 Å². The number of hydrogen-bond acceptors (Lipinski definition) is 3. The lowest BCUT2D eigenvalue weighted by Crippen LogP contribution is -2.20. The number of imidazole rings is 1. The summed E-state index contributed by atoms with van der Waals surface area (Å²) >= 11 is 0. The van der Waals surface area contributed by atoms with Crippen molar-refractivity contribution in [2.45, 2.75) is 13.1 Å². The van der Waals surface area contributed by atoms with Crippen LogP contribution in [0.4, 0.5) is 13.2 Å². The van der Waals surface area contributed by atoms with Gasteiger partial charge in [-0.2, -0.15) is 17.7 Å². The second kappa shape index (κ2) is 6.31. The topological polar surface area (TPSA) is 78.8 Å².